The summed E-state index contributed by atoms with van der Waals surface area (Å²) in [6.45, 7) is 21.0. The average Bonchev–Trinajstić information content (AvgIpc) is 3.64. The van der Waals surface area contributed by atoms with Crippen LogP contribution in [0.5, 0.6) is 0 Å². The van der Waals surface area contributed by atoms with E-state index in [9.17, 15) is 9.90 Å². The summed E-state index contributed by atoms with van der Waals surface area (Å²) in [7, 11) is 0. The molecule has 5 nitrogen and oxygen atoms in total. The molecule has 0 aliphatic heterocycles. The monoisotopic (exact) mass is 854 g/mol. The van der Waals surface area contributed by atoms with Gasteiger partial charge in [0.2, 0.25) is 5.71 Å². The van der Waals surface area contributed by atoms with Crippen LogP contribution in [-0.2, 0) is 30.3 Å². The second-order valence-electron chi connectivity index (χ2n) is 14.6. The molecule has 0 saturated carbocycles. The zero-order chi connectivity index (χ0) is 35.0. The Hall–Kier alpha value is -3.38. The summed E-state index contributed by atoms with van der Waals surface area (Å²) in [5, 5.41) is 17.9. The summed E-state index contributed by atoms with van der Waals surface area (Å²) in [6, 6.07) is 18.6. The van der Waals surface area contributed by atoms with E-state index in [1.807, 2.05) is 41.5 Å². The van der Waals surface area contributed by atoms with Crippen molar-refractivity contribution in [2.75, 3.05) is 0 Å². The van der Waals surface area contributed by atoms with Gasteiger partial charge in [0.25, 0.3) is 0 Å². The SMILES string of the molecule is CCC(C)(CC)C(=O)/C=C(\O)C(C)(CC)CC.Cc1csc2cc3oc4ncnc(-c5[c-]c6ccccc6c(C(C)(C)C)c5)c4c3cc12.[Ir]. The molecule has 0 spiro atoms. The van der Waals surface area contributed by atoms with Crippen molar-refractivity contribution >= 4 is 60.0 Å². The van der Waals surface area contributed by atoms with Gasteiger partial charge in [-0.15, -0.1) is 40.5 Å². The fourth-order valence-electron chi connectivity index (χ4n) is 6.12. The van der Waals surface area contributed by atoms with Gasteiger partial charge in [0.15, 0.2) is 5.78 Å². The normalized spacial score (nSPS) is 12.7. The minimum absolute atomic E-state index is 0. The number of allylic oxidation sites excluding steroid dienone is 2. The van der Waals surface area contributed by atoms with Crippen LogP contribution < -0.4 is 0 Å². The number of ketones is 1. The van der Waals surface area contributed by atoms with Crippen molar-refractivity contribution in [3.05, 3.63) is 83.2 Å². The zero-order valence-electron chi connectivity index (χ0n) is 30.5. The average molecular weight is 854 g/mol. The minimum atomic E-state index is -0.337. The first-order chi connectivity index (χ1) is 22.7. The third-order valence-electron chi connectivity index (χ3n) is 10.6. The van der Waals surface area contributed by atoms with Gasteiger partial charge in [0, 0.05) is 58.2 Å². The number of carbonyl (C=O) groups excluding carboxylic acids is 1. The largest absolute Gasteiger partial charge is 0.512 e. The summed E-state index contributed by atoms with van der Waals surface area (Å²) in [5.74, 6) is 0.286. The molecule has 1 radical (unpaired) electrons. The Kier molecular flexibility index (Phi) is 11.6. The van der Waals surface area contributed by atoms with E-state index in [4.69, 9.17) is 9.40 Å². The van der Waals surface area contributed by atoms with Crippen molar-refractivity contribution in [2.45, 2.75) is 100 Å². The number of aryl methyl sites for hydroxylation is 1. The molecular weight excluding hydrogens is 805 g/mol. The fourth-order valence-corrected chi connectivity index (χ4v) is 7.07. The van der Waals surface area contributed by atoms with Crippen molar-refractivity contribution in [1.82, 2.24) is 9.97 Å². The van der Waals surface area contributed by atoms with E-state index in [0.717, 1.165) is 58.7 Å². The van der Waals surface area contributed by atoms with E-state index in [-0.39, 0.29) is 47.9 Å². The molecule has 49 heavy (non-hydrogen) atoms. The molecule has 3 aromatic carbocycles. The van der Waals surface area contributed by atoms with Gasteiger partial charge in [-0.05, 0) is 66.5 Å². The Labute approximate surface area is 308 Å². The number of thiophene rings is 1. The number of furan rings is 1. The quantitative estimate of drug-likeness (QED) is 0.0938. The van der Waals surface area contributed by atoms with E-state index in [1.165, 1.54) is 32.7 Å². The first-order valence-corrected chi connectivity index (χ1v) is 18.0. The molecule has 0 aliphatic rings. The molecule has 7 heteroatoms. The minimum Gasteiger partial charge on any atom is -0.512 e. The maximum absolute atomic E-state index is 12.2. The number of nitrogens with zero attached hydrogens (tertiary/aromatic N) is 2. The fraction of sp³-hybridized carbons (Fsp3) is 0.405. The second-order valence-corrected chi connectivity index (χ2v) is 15.5. The first-order valence-electron chi connectivity index (χ1n) is 17.2. The number of hydrogen-bond donors (Lipinski definition) is 1. The van der Waals surface area contributed by atoms with Gasteiger partial charge in [-0.1, -0.05) is 91.5 Å². The van der Waals surface area contributed by atoms with Gasteiger partial charge >= 0.3 is 0 Å². The van der Waals surface area contributed by atoms with Crippen molar-refractivity contribution in [3.8, 4) is 11.3 Å². The third kappa shape index (κ3) is 7.40. The maximum atomic E-state index is 12.2. The first kappa shape index (κ1) is 38.4. The molecule has 261 valence electrons. The third-order valence-corrected chi connectivity index (χ3v) is 11.7. The van der Waals surface area contributed by atoms with Crippen LogP contribution in [0.3, 0.4) is 0 Å². The number of aliphatic hydroxyl groups excluding tert-OH is 1. The van der Waals surface area contributed by atoms with Gasteiger partial charge in [0.1, 0.15) is 17.7 Å². The van der Waals surface area contributed by atoms with Crippen LogP contribution in [-0.4, -0.2) is 20.9 Å². The van der Waals surface area contributed by atoms with E-state index in [1.54, 1.807) is 17.7 Å². The topological polar surface area (TPSA) is 76.2 Å². The number of aromatic nitrogens is 2. The molecule has 0 saturated heterocycles. The zero-order valence-corrected chi connectivity index (χ0v) is 33.7. The van der Waals surface area contributed by atoms with Crippen LogP contribution in [0.4, 0.5) is 0 Å². The van der Waals surface area contributed by atoms with Crippen molar-refractivity contribution in [3.63, 3.8) is 0 Å². The van der Waals surface area contributed by atoms with Crippen LogP contribution in [0.1, 0.15) is 99.1 Å². The molecule has 0 bridgehead atoms. The van der Waals surface area contributed by atoms with Crippen LogP contribution in [0, 0.1) is 23.8 Å². The molecule has 6 rings (SSSR count). The Bertz CT molecular complexity index is 2140. The van der Waals surface area contributed by atoms with Crippen LogP contribution in [0.2, 0.25) is 0 Å². The number of benzene rings is 3. The van der Waals surface area contributed by atoms with E-state index in [0.29, 0.717) is 5.71 Å². The Morgan fingerprint density at radius 3 is 2.18 bits per heavy atom. The van der Waals surface area contributed by atoms with Crippen molar-refractivity contribution in [1.29, 1.82) is 0 Å². The van der Waals surface area contributed by atoms with E-state index >= 15 is 0 Å². The standard InChI is InChI=1S/C27H21N2OS.C15H28O2.Ir/c1-15-13-31-23-12-22-20(11-19(15)23)24-25(28-14-29-26(24)30-22)17-9-16-7-5-6-8-18(16)21(10-17)27(2,3)4;1-7-14(5,8-2)12(16)11-13(17)15(6,9-3)10-4;/h5-8,10-14H,1-4H3;11,16H,7-10H2,1-6H3;/q-1;;/b;12-11-;. The molecule has 1 N–H and O–H groups in total. The van der Waals surface area contributed by atoms with Crippen LogP contribution in [0.15, 0.2) is 70.4 Å². The summed E-state index contributed by atoms with van der Waals surface area (Å²) in [4.78, 5) is 21.3. The van der Waals surface area contributed by atoms with Gasteiger partial charge in [-0.3, -0.25) is 9.78 Å². The predicted octanol–water partition coefficient (Wildman–Crippen LogP) is 12.5. The van der Waals surface area contributed by atoms with Gasteiger partial charge in [0.05, 0.1) is 0 Å². The van der Waals surface area contributed by atoms with Gasteiger partial charge in [-0.2, -0.15) is 0 Å². The van der Waals surface area contributed by atoms with Gasteiger partial charge in [-0.25, -0.2) is 4.98 Å². The van der Waals surface area contributed by atoms with Crippen molar-refractivity contribution in [2.24, 2.45) is 10.8 Å². The number of aliphatic hydroxyl groups is 1. The number of carbonyl (C=O) groups is 1. The summed E-state index contributed by atoms with van der Waals surface area (Å²) < 4.78 is 7.39. The number of hydrogen-bond acceptors (Lipinski definition) is 6. The summed E-state index contributed by atoms with van der Waals surface area (Å²) in [5.41, 5.74) is 5.27. The molecule has 6 aromatic rings. The Morgan fingerprint density at radius 2 is 1.55 bits per heavy atom. The Balaban J connectivity index is 0.000000260. The summed E-state index contributed by atoms with van der Waals surface area (Å²) in [6.07, 6.45) is 6.34. The molecule has 0 fully saturated rings. The molecule has 0 aliphatic carbocycles. The molecule has 0 amide bonds. The molecule has 3 heterocycles. The van der Waals surface area contributed by atoms with E-state index in [2.05, 4.69) is 86.6 Å². The molecule has 0 atom stereocenters. The number of rotatable bonds is 8. The van der Waals surface area contributed by atoms with Crippen molar-refractivity contribution < 1.29 is 34.4 Å². The number of fused-ring (bicyclic) bond motifs is 5. The van der Waals surface area contributed by atoms with Crippen LogP contribution >= 0.6 is 11.3 Å². The van der Waals surface area contributed by atoms with Gasteiger partial charge < -0.3 is 9.52 Å². The summed E-state index contributed by atoms with van der Waals surface area (Å²) >= 11 is 1.74. The maximum Gasteiger partial charge on any atom is 0.223 e. The molecule has 3 aromatic heterocycles. The van der Waals surface area contributed by atoms with Crippen LogP contribution in [0.25, 0.3) is 54.2 Å². The predicted molar refractivity (Wildman–Crippen MR) is 203 cm³/mol. The molecule has 0 unspecified atom stereocenters. The van der Waals surface area contributed by atoms with E-state index < -0.39 is 0 Å². The molecular formula is C42H49IrN2O3S-. The second kappa shape index (κ2) is 14.8. The Morgan fingerprint density at radius 1 is 0.898 bits per heavy atom. The smallest absolute Gasteiger partial charge is 0.223 e.